The molecule has 172 valence electrons. The van der Waals surface area contributed by atoms with E-state index in [1.165, 1.54) is 23.2 Å². The lowest BCUT2D eigenvalue weighted by Gasteiger charge is -2.49. The lowest BCUT2D eigenvalue weighted by Crippen LogP contribution is -2.71. The lowest BCUT2D eigenvalue weighted by molar-refractivity contribution is -0.169. The van der Waals surface area contributed by atoms with E-state index in [-0.39, 0.29) is 16.6 Å². The number of aromatic amines is 1. The highest BCUT2D eigenvalue weighted by molar-refractivity contribution is 8.00. The molecule has 2 unspecified atom stereocenters. The van der Waals surface area contributed by atoms with Gasteiger partial charge in [-0.15, -0.1) is 23.1 Å². The first-order valence-electron chi connectivity index (χ1n) is 8.63. The number of aliphatic carboxylic acids is 1. The predicted molar refractivity (Wildman–Crippen MR) is 104 cm³/mol. The Morgan fingerprint density at radius 2 is 2.03 bits per heavy atom. The number of H-pyrrole nitrogens is 1. The van der Waals surface area contributed by atoms with Gasteiger partial charge in [0.25, 0.3) is 11.8 Å². The molecule has 0 radical (unpaired) electrons. The van der Waals surface area contributed by atoms with Crippen molar-refractivity contribution in [3.05, 3.63) is 27.6 Å². The molecule has 1 saturated heterocycles. The average molecular weight is 493 g/mol. The minimum absolute atomic E-state index is 0.109. The topological polar surface area (TPSA) is 154 Å². The number of nitrogens with zero attached hydrogens (tertiary/aromatic N) is 3. The van der Waals surface area contributed by atoms with E-state index < -0.39 is 51.8 Å². The maximum atomic E-state index is 12.7. The second-order valence-electron chi connectivity index (χ2n) is 6.36. The number of carbonyl (C=O) groups excluding carboxylic acids is 3. The van der Waals surface area contributed by atoms with Gasteiger partial charge in [0.15, 0.2) is 10.5 Å². The fourth-order valence-corrected chi connectivity index (χ4v) is 4.89. The number of carboxylic acids is 1. The Hall–Kier alpha value is -3.14. The first-order chi connectivity index (χ1) is 14.9. The molecular weight excluding hydrogens is 479 g/mol. The molecule has 32 heavy (non-hydrogen) atoms. The van der Waals surface area contributed by atoms with Crippen molar-refractivity contribution in [3.8, 4) is 0 Å². The number of thiazole rings is 1. The van der Waals surface area contributed by atoms with Crippen LogP contribution in [0.2, 0.25) is 0 Å². The predicted octanol–water partition coefficient (Wildman–Crippen LogP) is 0.173. The summed E-state index contributed by atoms with van der Waals surface area (Å²) in [5.41, 5.74) is -0.712. The van der Waals surface area contributed by atoms with Crippen LogP contribution in [0.4, 0.5) is 13.2 Å². The van der Waals surface area contributed by atoms with E-state index in [4.69, 9.17) is 0 Å². The minimum Gasteiger partial charge on any atom is -0.477 e. The Labute approximate surface area is 185 Å². The number of hydrogen-bond donors (Lipinski definition) is 3. The Morgan fingerprint density at radius 1 is 1.34 bits per heavy atom. The molecule has 1 aromatic rings. The summed E-state index contributed by atoms with van der Waals surface area (Å²) in [6.45, 7) is 1.73. The molecule has 3 atom stereocenters. The summed E-state index contributed by atoms with van der Waals surface area (Å²) in [6.07, 6.45) is -3.74. The van der Waals surface area contributed by atoms with E-state index in [0.29, 0.717) is 11.3 Å². The van der Waals surface area contributed by atoms with Crippen molar-refractivity contribution in [1.82, 2.24) is 15.2 Å². The van der Waals surface area contributed by atoms with Crippen LogP contribution in [0, 0.1) is 0 Å². The van der Waals surface area contributed by atoms with Gasteiger partial charge < -0.3 is 20.2 Å². The molecule has 0 saturated carbocycles. The summed E-state index contributed by atoms with van der Waals surface area (Å²) in [7, 11) is 1.12. The van der Waals surface area contributed by atoms with Crippen molar-refractivity contribution < 1.29 is 42.3 Å². The summed E-state index contributed by atoms with van der Waals surface area (Å²) < 4.78 is 37.1. The van der Waals surface area contributed by atoms with E-state index in [1.807, 2.05) is 0 Å². The van der Waals surface area contributed by atoms with Gasteiger partial charge in [-0.2, -0.15) is 18.2 Å². The maximum Gasteiger partial charge on any atom is 0.473 e. The first kappa shape index (κ1) is 23.5. The number of alkyl halides is 3. The molecule has 16 heteroatoms. The Kier molecular flexibility index (Phi) is 6.45. The van der Waals surface area contributed by atoms with E-state index >= 15 is 0 Å². The second-order valence-corrected chi connectivity index (χ2v) is 8.72. The van der Waals surface area contributed by atoms with E-state index in [9.17, 15) is 37.5 Å². The van der Waals surface area contributed by atoms with Crippen molar-refractivity contribution in [2.24, 2.45) is 10.1 Å². The zero-order chi connectivity index (χ0) is 23.8. The van der Waals surface area contributed by atoms with Crippen LogP contribution >= 0.6 is 23.1 Å². The van der Waals surface area contributed by atoms with Crippen molar-refractivity contribution in [2.45, 2.75) is 29.8 Å². The number of carboxylic acid groups (broad SMARTS) is 1. The normalized spacial score (nSPS) is 23.8. The van der Waals surface area contributed by atoms with Crippen LogP contribution in [0.25, 0.3) is 0 Å². The van der Waals surface area contributed by atoms with Crippen LogP contribution in [-0.2, 0) is 24.0 Å². The number of rotatable bonds is 5. The molecule has 3 heterocycles. The second kappa shape index (κ2) is 8.78. The highest BCUT2D eigenvalue weighted by Gasteiger charge is 2.54. The fourth-order valence-electron chi connectivity index (χ4n) is 2.86. The number of β-lactam (4-membered cyclic amide) rings is 1. The fraction of sp³-hybridized carbons (Fsp3) is 0.375. The van der Waals surface area contributed by atoms with Crippen molar-refractivity contribution in [1.29, 1.82) is 0 Å². The number of oxime groups is 1. The molecule has 1 aromatic heterocycles. The van der Waals surface area contributed by atoms with Crippen molar-refractivity contribution >= 4 is 52.5 Å². The number of aromatic nitrogens is 1. The molecule has 0 aromatic carbocycles. The van der Waals surface area contributed by atoms with Gasteiger partial charge >= 0.3 is 18.1 Å². The quantitative estimate of drug-likeness (QED) is 0.300. The summed E-state index contributed by atoms with van der Waals surface area (Å²) >= 11 is 1.88. The third-order valence-electron chi connectivity index (χ3n) is 4.18. The third kappa shape index (κ3) is 4.55. The molecule has 3 N–H and O–H groups in total. The smallest absolute Gasteiger partial charge is 0.473 e. The number of thioether (sulfide) groups is 1. The summed E-state index contributed by atoms with van der Waals surface area (Å²) in [4.78, 5) is 58.0. The molecule has 1 fully saturated rings. The molecule has 2 aliphatic rings. The number of fused-ring (bicyclic) bond motifs is 1. The molecule has 0 aliphatic carbocycles. The SMILES string of the molecule is CO/N=C(/C(=O)NC1C(=O)N2C(C(=O)O)=CC(C)S[C@H]12)c1cs/c(=N/C(=O)C(F)(F)F)[nH]1. The monoisotopic (exact) mass is 493 g/mol. The first-order valence-corrected chi connectivity index (χ1v) is 10.5. The number of halogens is 3. The Bertz CT molecular complexity index is 1110. The highest BCUT2D eigenvalue weighted by Crippen LogP contribution is 2.40. The molecule has 2 aliphatic heterocycles. The average Bonchev–Trinajstić information content (AvgIpc) is 3.16. The van der Waals surface area contributed by atoms with Gasteiger partial charge in [-0.3, -0.25) is 19.3 Å². The number of hydrogen-bond acceptors (Lipinski definition) is 8. The maximum absolute atomic E-state index is 12.7. The number of carbonyl (C=O) groups is 4. The van der Waals surface area contributed by atoms with Crippen LogP contribution < -0.4 is 10.1 Å². The zero-order valence-corrected chi connectivity index (χ0v) is 17.8. The summed E-state index contributed by atoms with van der Waals surface area (Å²) in [5, 5.41) is 15.5. The number of amides is 3. The third-order valence-corrected chi connectivity index (χ3v) is 6.28. The van der Waals surface area contributed by atoms with Crippen LogP contribution in [0.3, 0.4) is 0 Å². The number of nitrogens with one attached hydrogen (secondary N) is 2. The van der Waals surface area contributed by atoms with Crippen molar-refractivity contribution in [3.63, 3.8) is 0 Å². The zero-order valence-electron chi connectivity index (χ0n) is 16.2. The van der Waals surface area contributed by atoms with Gasteiger partial charge in [0.05, 0.1) is 5.69 Å². The van der Waals surface area contributed by atoms with Gasteiger partial charge in [0.1, 0.15) is 24.2 Å². The van der Waals surface area contributed by atoms with Crippen LogP contribution in [-0.4, -0.2) is 74.3 Å². The molecule has 3 amide bonds. The van der Waals surface area contributed by atoms with Crippen molar-refractivity contribution in [2.75, 3.05) is 7.11 Å². The lowest BCUT2D eigenvalue weighted by atomic mass is 10.0. The van der Waals surface area contributed by atoms with Gasteiger partial charge in [0.2, 0.25) is 0 Å². The summed E-state index contributed by atoms with van der Waals surface area (Å²) in [6, 6.07) is -1.06. The largest absolute Gasteiger partial charge is 0.477 e. The van der Waals surface area contributed by atoms with Crippen LogP contribution in [0.5, 0.6) is 0 Å². The van der Waals surface area contributed by atoms with Crippen LogP contribution in [0.15, 0.2) is 27.3 Å². The molecule has 0 bridgehead atoms. The molecule has 0 spiro atoms. The minimum atomic E-state index is -5.16. The Balaban J connectivity index is 1.80. The van der Waals surface area contributed by atoms with E-state index in [0.717, 1.165) is 12.0 Å². The van der Waals surface area contributed by atoms with Gasteiger partial charge in [-0.1, -0.05) is 5.16 Å². The van der Waals surface area contributed by atoms with E-state index in [1.54, 1.807) is 6.92 Å². The van der Waals surface area contributed by atoms with Gasteiger partial charge in [0, 0.05) is 10.6 Å². The van der Waals surface area contributed by atoms with Gasteiger partial charge in [-0.25, -0.2) is 4.79 Å². The van der Waals surface area contributed by atoms with Crippen LogP contribution in [0.1, 0.15) is 12.6 Å². The van der Waals surface area contributed by atoms with Gasteiger partial charge in [-0.05, 0) is 13.0 Å². The Morgan fingerprint density at radius 3 is 2.62 bits per heavy atom. The summed E-state index contributed by atoms with van der Waals surface area (Å²) in [5.74, 6) is -5.16. The standard InChI is InChI=1S/C16H14F3N5O6S2/c1-5-3-7(13(27)28)24-11(26)9(12(24)32-5)21-10(25)8(23-30-2)6-4-31-15(20-6)22-14(29)16(17,18)19/h3-5,9,12H,1-2H3,(H,21,25)(H,27,28)(H,20,22,29)/b23-8+/t5?,9?,12-/m1/s1. The molecule has 3 rings (SSSR count). The highest BCUT2D eigenvalue weighted by atomic mass is 32.2. The molecule has 11 nitrogen and oxygen atoms in total. The molecular formula is C16H14F3N5O6S2. The van der Waals surface area contributed by atoms with E-state index in [2.05, 4.69) is 25.3 Å².